The molecule has 13 nitrogen and oxygen atoms in total. The van der Waals surface area contributed by atoms with Crippen LogP contribution in [0.2, 0.25) is 0 Å². The van der Waals surface area contributed by atoms with Gasteiger partial charge >= 0.3 is 52.8 Å². The highest BCUT2D eigenvalue weighted by Crippen LogP contribution is 2.40. The molecule has 266 valence electrons. The number of methoxy groups -OCH3 is 1. The number of benzene rings is 1. The van der Waals surface area contributed by atoms with Gasteiger partial charge in [0.15, 0.2) is 11.5 Å². The average Bonchev–Trinajstić information content (AvgIpc) is 3.59. The molecule has 0 fully saturated rings. The highest BCUT2D eigenvalue weighted by Gasteiger charge is 2.57. The first-order chi connectivity index (χ1) is 21.8. The van der Waals surface area contributed by atoms with Crippen molar-refractivity contribution in [3.8, 4) is 22.1 Å². The highest BCUT2D eigenvalue weighted by molar-refractivity contribution is 8.00. The molecular weight excluding hydrogens is 767 g/mol. The number of carbonyl (C=O) groups is 1. The van der Waals surface area contributed by atoms with Crippen molar-refractivity contribution < 1.29 is 86.8 Å². The van der Waals surface area contributed by atoms with Crippen molar-refractivity contribution in [2.45, 2.75) is 23.4 Å². The third-order valence-corrected chi connectivity index (χ3v) is 9.76. The lowest BCUT2D eigenvalue weighted by atomic mass is 10.1. The van der Waals surface area contributed by atoms with Gasteiger partial charge in [0.2, 0.25) is 5.82 Å². The number of halogens is 9. The van der Waals surface area contributed by atoms with E-state index in [4.69, 9.17) is 9.47 Å². The van der Waals surface area contributed by atoms with Crippen LogP contribution in [0.5, 0.6) is 11.5 Å². The van der Waals surface area contributed by atoms with Crippen LogP contribution in [0.1, 0.15) is 17.5 Å². The molecule has 4 aromatic rings. The number of hydrogen-bond donors (Lipinski definition) is 0. The summed E-state index contributed by atoms with van der Waals surface area (Å²) in [6.07, 6.45) is 1.56. The van der Waals surface area contributed by atoms with E-state index in [0.717, 1.165) is 6.07 Å². The van der Waals surface area contributed by atoms with Crippen molar-refractivity contribution in [3.05, 3.63) is 47.7 Å². The van der Waals surface area contributed by atoms with Gasteiger partial charge in [-0.25, -0.2) is 9.78 Å². The van der Waals surface area contributed by atoms with Gasteiger partial charge in [0.25, 0.3) is 0 Å². The summed E-state index contributed by atoms with van der Waals surface area (Å²) in [6.45, 7) is 1.75. The van der Waals surface area contributed by atoms with E-state index in [1.807, 2.05) is 3.63 Å². The van der Waals surface area contributed by atoms with E-state index >= 15 is 0 Å². The first kappa shape index (κ1) is 38.6. The molecule has 26 heteroatoms. The van der Waals surface area contributed by atoms with Gasteiger partial charge in [0.1, 0.15) is 5.69 Å². The largest absolute Gasteiger partial charge is 0.534 e. The number of esters is 1. The third-order valence-electron chi connectivity index (χ3n) is 5.35. The second-order valence-electron chi connectivity index (χ2n) is 8.46. The first-order valence-electron chi connectivity index (χ1n) is 11.9. The Balaban J connectivity index is 0.000000353. The second kappa shape index (κ2) is 13.2. The monoisotopic (exact) mass is 782 g/mol. The quantitative estimate of drug-likeness (QED) is 0.0975. The molecule has 0 saturated heterocycles. The minimum Gasteiger partial charge on any atom is -0.493 e. The molecule has 0 unspecified atom stereocenters. The van der Waals surface area contributed by atoms with Crippen LogP contribution in [0.4, 0.5) is 39.5 Å². The summed E-state index contributed by atoms with van der Waals surface area (Å²) in [5, 5.41) is 2.57. The Bertz CT molecular complexity index is 2120. The Hall–Kier alpha value is -3.88. The van der Waals surface area contributed by atoms with E-state index in [2.05, 4.69) is 9.17 Å². The first-order valence-corrected chi connectivity index (χ1v) is 17.0. The smallest absolute Gasteiger partial charge is 0.493 e. The number of rotatable bonds is 8. The number of alkyl halides is 9. The van der Waals surface area contributed by atoms with Crippen LogP contribution >= 0.6 is 11.3 Å². The molecule has 0 aliphatic rings. The second-order valence-corrected chi connectivity index (χ2v) is 14.2. The Morgan fingerprint density at radius 1 is 0.854 bits per heavy atom. The molecule has 0 bridgehead atoms. The molecule has 0 aliphatic heterocycles. The summed E-state index contributed by atoms with van der Waals surface area (Å²) in [5.74, 6) is -1.62. The SMILES string of the molecule is CCOC(=O)c1nc(-c2cccs2)c2c3cc(OS(=O)(=O)C(F)(F)F)c(OC)cc3ccn12.O=S(=O)(OS(=O)(=O)C(F)(F)F)C(F)(F)F. The minimum atomic E-state index is -6.85. The van der Waals surface area contributed by atoms with Gasteiger partial charge in [0, 0.05) is 11.6 Å². The van der Waals surface area contributed by atoms with Crippen molar-refractivity contribution in [3.63, 3.8) is 0 Å². The molecule has 3 heterocycles. The van der Waals surface area contributed by atoms with Gasteiger partial charge in [-0.15, -0.1) is 15.0 Å². The van der Waals surface area contributed by atoms with Gasteiger partial charge < -0.3 is 13.7 Å². The zero-order chi connectivity index (χ0) is 36.7. The Kier molecular flexibility index (Phi) is 10.6. The zero-order valence-electron chi connectivity index (χ0n) is 23.2. The number of thiophene rings is 1. The molecule has 48 heavy (non-hydrogen) atoms. The van der Waals surface area contributed by atoms with E-state index in [9.17, 15) is 69.6 Å². The highest BCUT2D eigenvalue weighted by atomic mass is 32.3. The predicted molar refractivity (Wildman–Crippen MR) is 145 cm³/mol. The molecule has 0 radical (unpaired) electrons. The number of nitrogens with zero attached hydrogens (tertiary/aromatic N) is 2. The predicted octanol–water partition coefficient (Wildman–Crippen LogP) is 5.33. The van der Waals surface area contributed by atoms with Gasteiger partial charge in [-0.2, -0.15) is 64.8 Å². The average molecular weight is 783 g/mol. The van der Waals surface area contributed by atoms with E-state index in [1.54, 1.807) is 36.7 Å². The van der Waals surface area contributed by atoms with E-state index < -0.39 is 58.6 Å². The normalized spacial score (nSPS) is 13.2. The third kappa shape index (κ3) is 7.87. The fourth-order valence-electron chi connectivity index (χ4n) is 3.42. The van der Waals surface area contributed by atoms with Crippen LogP contribution in [-0.2, 0) is 38.7 Å². The van der Waals surface area contributed by atoms with Gasteiger partial charge in [-0.1, -0.05) is 6.07 Å². The summed E-state index contributed by atoms with van der Waals surface area (Å²) in [7, 11) is -18.5. The van der Waals surface area contributed by atoms with E-state index in [0.29, 0.717) is 21.5 Å². The molecule has 0 N–H and O–H groups in total. The fourth-order valence-corrected chi connectivity index (χ4v) is 6.16. The van der Waals surface area contributed by atoms with Crippen molar-refractivity contribution in [2.24, 2.45) is 0 Å². The van der Waals surface area contributed by atoms with Crippen molar-refractivity contribution >= 4 is 63.9 Å². The van der Waals surface area contributed by atoms with Gasteiger partial charge in [-0.3, -0.25) is 4.40 Å². The van der Waals surface area contributed by atoms with Gasteiger partial charge in [-0.05, 0) is 42.0 Å². The topological polar surface area (TPSA) is 174 Å². The van der Waals surface area contributed by atoms with E-state index in [1.165, 1.54) is 28.9 Å². The number of carbonyl (C=O) groups excluding carboxylic acids is 1. The molecule has 0 amide bonds. The molecule has 0 saturated carbocycles. The fraction of sp³-hybridized carbons (Fsp3) is 0.273. The molecule has 0 atom stereocenters. The Morgan fingerprint density at radius 2 is 1.42 bits per heavy atom. The number of imidazole rings is 1. The van der Waals surface area contributed by atoms with Crippen LogP contribution in [0, 0.1) is 0 Å². The van der Waals surface area contributed by atoms with Crippen LogP contribution in [-0.4, -0.2) is 70.8 Å². The minimum absolute atomic E-state index is 0.0432. The molecular formula is C22H15F9N2O11S4. The van der Waals surface area contributed by atoms with E-state index in [-0.39, 0.29) is 23.6 Å². The van der Waals surface area contributed by atoms with Crippen LogP contribution < -0.4 is 8.92 Å². The van der Waals surface area contributed by atoms with Crippen molar-refractivity contribution in [1.82, 2.24) is 9.38 Å². The van der Waals surface area contributed by atoms with Crippen molar-refractivity contribution in [2.75, 3.05) is 13.7 Å². The number of ether oxygens (including phenoxy) is 2. The maximum absolute atomic E-state index is 12.9. The summed E-state index contributed by atoms with van der Waals surface area (Å²) in [4.78, 5) is 17.6. The van der Waals surface area contributed by atoms with Crippen LogP contribution in [0.3, 0.4) is 0 Å². The lowest BCUT2D eigenvalue weighted by Gasteiger charge is -2.14. The molecule has 0 aliphatic carbocycles. The number of aromatic nitrogens is 2. The maximum Gasteiger partial charge on any atom is 0.534 e. The molecule has 1 aromatic carbocycles. The summed E-state index contributed by atoms with van der Waals surface area (Å²) in [6, 6.07) is 7.56. The summed E-state index contributed by atoms with van der Waals surface area (Å²) < 4.78 is 188. The maximum atomic E-state index is 12.9. The van der Waals surface area contributed by atoms with Crippen LogP contribution in [0.25, 0.3) is 26.9 Å². The number of fused-ring (bicyclic) bond motifs is 3. The number of pyridine rings is 1. The lowest BCUT2D eigenvalue weighted by Crippen LogP contribution is -2.34. The number of hydrogen-bond acceptors (Lipinski definition) is 13. The Morgan fingerprint density at radius 3 is 1.88 bits per heavy atom. The summed E-state index contributed by atoms with van der Waals surface area (Å²) in [5.41, 5.74) is -17.4. The standard InChI is InChI=1S/C20H15F3N2O6S2.C2F6O5S2/c1-3-30-19(26)18-24-16(15-5-4-8-32-15)17-12-10-14(31-33(27,28)20(21,22)23)13(29-2)9-11(12)6-7-25(17)18;3-1(4,5)14(9,10)13-15(11,12)2(6,7)8/h4-10H,3H2,1-2H3;. The molecule has 3 aromatic heterocycles. The van der Waals surface area contributed by atoms with Crippen LogP contribution in [0.15, 0.2) is 41.9 Å². The molecule has 0 spiro atoms. The van der Waals surface area contributed by atoms with Gasteiger partial charge in [0.05, 0.1) is 24.1 Å². The molecule has 4 rings (SSSR count). The lowest BCUT2D eigenvalue weighted by molar-refractivity contribution is -0.0586. The zero-order valence-corrected chi connectivity index (χ0v) is 26.4. The van der Waals surface area contributed by atoms with Crippen molar-refractivity contribution in [1.29, 1.82) is 0 Å². The summed E-state index contributed by atoms with van der Waals surface area (Å²) >= 11 is 1.33. The Labute approximate surface area is 266 Å².